The molecular formula is C39H50N2O4. The van der Waals surface area contributed by atoms with Crippen molar-refractivity contribution in [2.45, 2.75) is 94.6 Å². The van der Waals surface area contributed by atoms with Crippen molar-refractivity contribution < 1.29 is 19.4 Å². The number of hydrogen-bond acceptors (Lipinski definition) is 5. The van der Waals surface area contributed by atoms with Gasteiger partial charge in [0, 0.05) is 17.7 Å². The molecule has 0 aliphatic heterocycles. The molecule has 0 bridgehead atoms. The molecule has 3 aromatic carbocycles. The van der Waals surface area contributed by atoms with E-state index in [1.165, 1.54) is 82.3 Å². The Morgan fingerprint density at radius 1 is 0.844 bits per heavy atom. The second-order valence-electron chi connectivity index (χ2n) is 12.3. The van der Waals surface area contributed by atoms with Crippen LogP contribution < -0.4 is 11.1 Å². The maximum Gasteiger partial charge on any atom is 0.407 e. The average Bonchev–Trinajstić information content (AvgIpc) is 3.07. The summed E-state index contributed by atoms with van der Waals surface area (Å²) in [4.78, 5) is 25.5. The largest absolute Gasteiger partial charge is 0.445 e. The Morgan fingerprint density at radius 3 is 2.02 bits per heavy atom. The number of rotatable bonds is 11. The highest BCUT2D eigenvalue weighted by molar-refractivity contribution is 6.01. The molecule has 4 N–H and O–H groups in total. The van der Waals surface area contributed by atoms with E-state index >= 15 is 0 Å². The molecule has 0 aromatic heterocycles. The quantitative estimate of drug-likeness (QED) is 0.115. The molecule has 2 unspecified atom stereocenters. The molecule has 1 aliphatic carbocycles. The zero-order chi connectivity index (χ0) is 31.9. The van der Waals surface area contributed by atoms with Crippen molar-refractivity contribution in [2.75, 3.05) is 13.2 Å². The lowest BCUT2D eigenvalue weighted by Gasteiger charge is -2.32. The van der Waals surface area contributed by atoms with Crippen molar-refractivity contribution in [3.05, 3.63) is 119 Å². The second kappa shape index (κ2) is 17.7. The fourth-order valence-corrected chi connectivity index (χ4v) is 6.51. The van der Waals surface area contributed by atoms with Crippen LogP contribution in [0.25, 0.3) is 0 Å². The summed E-state index contributed by atoms with van der Waals surface area (Å²) in [6.07, 6.45) is 15.3. The van der Waals surface area contributed by atoms with Crippen molar-refractivity contribution in [1.82, 2.24) is 5.32 Å². The third-order valence-corrected chi connectivity index (χ3v) is 9.07. The summed E-state index contributed by atoms with van der Waals surface area (Å²) < 4.78 is 4.93. The Bertz CT molecular complexity index is 1340. The van der Waals surface area contributed by atoms with Gasteiger partial charge in [0.15, 0.2) is 5.78 Å². The number of aliphatic hydroxyl groups is 1. The minimum Gasteiger partial charge on any atom is -0.445 e. The van der Waals surface area contributed by atoms with E-state index < -0.39 is 17.7 Å². The van der Waals surface area contributed by atoms with Gasteiger partial charge < -0.3 is 20.9 Å². The molecular weight excluding hydrogens is 560 g/mol. The molecule has 0 heterocycles. The van der Waals surface area contributed by atoms with E-state index in [2.05, 4.69) is 24.0 Å². The molecule has 45 heavy (non-hydrogen) atoms. The van der Waals surface area contributed by atoms with E-state index in [9.17, 15) is 14.7 Å². The van der Waals surface area contributed by atoms with E-state index in [4.69, 9.17) is 10.5 Å². The highest BCUT2D eigenvalue weighted by Crippen LogP contribution is 2.40. The standard InChI is InChI=1S/C39H50N2O4/c1-2-29-45-38(43)41-28-27-36(40)37(42)34-21-15-16-22-35(34)39(44,32-19-13-10-14-20-32)33-25-23-31(24-26-33)30-17-11-8-6-4-3-5-7-9-12-18-30/h2,10,13-16,19-26,30,36,44H,1,3-9,11-12,17-18,27-29,40H2,(H,41,43). The minimum atomic E-state index is -1.58. The molecule has 4 rings (SSSR count). The van der Waals surface area contributed by atoms with Gasteiger partial charge in [0.2, 0.25) is 0 Å². The monoisotopic (exact) mass is 610 g/mol. The van der Waals surface area contributed by atoms with Gasteiger partial charge >= 0.3 is 6.09 Å². The average molecular weight is 611 g/mol. The number of nitrogens with two attached hydrogens (primary N) is 1. The number of hydrogen-bond donors (Lipinski definition) is 3. The summed E-state index contributed by atoms with van der Waals surface area (Å²) in [6.45, 7) is 3.80. The molecule has 240 valence electrons. The number of amides is 1. The van der Waals surface area contributed by atoms with E-state index in [0.717, 1.165) is 0 Å². The number of ether oxygens (including phenoxy) is 1. The second-order valence-corrected chi connectivity index (χ2v) is 12.3. The fraction of sp³-hybridized carbons (Fsp3) is 0.436. The van der Waals surface area contributed by atoms with Crippen LogP contribution in [0.5, 0.6) is 0 Å². The third-order valence-electron chi connectivity index (χ3n) is 9.07. The van der Waals surface area contributed by atoms with Crippen LogP contribution in [0, 0.1) is 0 Å². The topological polar surface area (TPSA) is 102 Å². The summed E-state index contributed by atoms with van der Waals surface area (Å²) in [7, 11) is 0. The van der Waals surface area contributed by atoms with Crippen LogP contribution in [0.2, 0.25) is 0 Å². The Hall–Kier alpha value is -3.74. The van der Waals surface area contributed by atoms with Gasteiger partial charge in [-0.05, 0) is 41.9 Å². The van der Waals surface area contributed by atoms with Gasteiger partial charge in [-0.15, -0.1) is 0 Å². The summed E-state index contributed by atoms with van der Waals surface area (Å²) in [5, 5.41) is 15.3. The number of carbonyl (C=O) groups excluding carboxylic acids is 2. The maximum absolute atomic E-state index is 13.7. The van der Waals surface area contributed by atoms with Crippen LogP contribution in [0.1, 0.15) is 116 Å². The van der Waals surface area contributed by atoms with Gasteiger partial charge in [-0.2, -0.15) is 0 Å². The van der Waals surface area contributed by atoms with Crippen LogP contribution in [0.3, 0.4) is 0 Å². The van der Waals surface area contributed by atoms with Crippen LogP contribution in [0.15, 0.2) is 91.5 Å². The third kappa shape index (κ3) is 9.38. The smallest absolute Gasteiger partial charge is 0.407 e. The lowest BCUT2D eigenvalue weighted by atomic mass is 9.76. The van der Waals surface area contributed by atoms with Crippen LogP contribution >= 0.6 is 0 Å². The van der Waals surface area contributed by atoms with E-state index in [-0.39, 0.29) is 25.4 Å². The molecule has 1 fully saturated rings. The van der Waals surface area contributed by atoms with E-state index in [0.29, 0.717) is 28.2 Å². The van der Waals surface area contributed by atoms with Crippen molar-refractivity contribution >= 4 is 11.9 Å². The fourth-order valence-electron chi connectivity index (χ4n) is 6.51. The molecule has 0 radical (unpaired) electrons. The summed E-state index contributed by atoms with van der Waals surface area (Å²) in [6, 6.07) is 24.1. The predicted molar refractivity (Wildman–Crippen MR) is 181 cm³/mol. The molecule has 6 nitrogen and oxygen atoms in total. The lowest BCUT2D eigenvalue weighted by Crippen LogP contribution is -2.38. The zero-order valence-corrected chi connectivity index (χ0v) is 26.6. The number of alkyl carbamates (subject to hydrolysis) is 1. The SMILES string of the molecule is C=CCOC(=O)NCCC(N)C(=O)c1ccccc1C(O)(c1ccccc1)c1ccc(C2CCCCCCCCCCC2)cc1. The number of benzene rings is 3. The van der Waals surface area contributed by atoms with Crippen molar-refractivity contribution in [2.24, 2.45) is 5.73 Å². The molecule has 2 atom stereocenters. The summed E-state index contributed by atoms with van der Waals surface area (Å²) in [5.74, 6) is 0.212. The number of ketones is 1. The molecule has 1 aliphatic rings. The first-order valence-electron chi connectivity index (χ1n) is 16.7. The van der Waals surface area contributed by atoms with Crippen molar-refractivity contribution in [3.8, 4) is 0 Å². The van der Waals surface area contributed by atoms with E-state index in [1.54, 1.807) is 18.2 Å². The molecule has 0 spiro atoms. The number of nitrogens with one attached hydrogen (secondary N) is 1. The Morgan fingerprint density at radius 2 is 1.40 bits per heavy atom. The van der Waals surface area contributed by atoms with Crippen molar-refractivity contribution in [3.63, 3.8) is 0 Å². The number of carbonyl (C=O) groups is 2. The van der Waals surface area contributed by atoms with Gasteiger partial charge in [-0.25, -0.2) is 4.79 Å². The van der Waals surface area contributed by atoms with Crippen LogP contribution in [-0.4, -0.2) is 36.2 Å². The molecule has 1 amide bonds. The first-order valence-corrected chi connectivity index (χ1v) is 16.7. The predicted octanol–water partition coefficient (Wildman–Crippen LogP) is 8.17. The first-order chi connectivity index (χ1) is 21.9. The molecule has 1 saturated carbocycles. The highest BCUT2D eigenvalue weighted by Gasteiger charge is 2.37. The van der Waals surface area contributed by atoms with Gasteiger partial charge in [0.05, 0.1) is 6.04 Å². The minimum absolute atomic E-state index is 0.101. The van der Waals surface area contributed by atoms with Crippen LogP contribution in [-0.2, 0) is 10.3 Å². The summed E-state index contributed by atoms with van der Waals surface area (Å²) >= 11 is 0. The summed E-state index contributed by atoms with van der Waals surface area (Å²) in [5.41, 5.74) is 8.30. The van der Waals surface area contributed by atoms with Crippen molar-refractivity contribution in [1.29, 1.82) is 0 Å². The molecule has 3 aromatic rings. The zero-order valence-electron chi connectivity index (χ0n) is 26.6. The van der Waals surface area contributed by atoms with Crippen LogP contribution in [0.4, 0.5) is 4.79 Å². The molecule has 0 saturated heterocycles. The normalized spacial score (nSPS) is 17.1. The van der Waals surface area contributed by atoms with Gasteiger partial charge in [0.25, 0.3) is 0 Å². The molecule has 6 heteroatoms. The first kappa shape index (κ1) is 34.1. The van der Waals surface area contributed by atoms with E-state index in [1.807, 2.05) is 48.5 Å². The van der Waals surface area contributed by atoms with Gasteiger partial charge in [0.1, 0.15) is 12.2 Å². The Kier molecular flexibility index (Phi) is 13.4. The Balaban J connectivity index is 1.61. The van der Waals surface area contributed by atoms with Gasteiger partial charge in [-0.3, -0.25) is 4.79 Å². The Labute approximate surface area is 269 Å². The highest BCUT2D eigenvalue weighted by atomic mass is 16.5. The lowest BCUT2D eigenvalue weighted by molar-refractivity contribution is 0.0933. The number of Topliss-reactive ketones (excluding diaryl/α,β-unsaturated/α-hetero) is 1. The van der Waals surface area contributed by atoms with Gasteiger partial charge in [-0.1, -0.05) is 149 Å². The maximum atomic E-state index is 13.7.